The molecular weight excluding hydrogens is 250 g/mol. The minimum absolute atomic E-state index is 0.0174. The Kier molecular flexibility index (Phi) is 3.62. The van der Waals surface area contributed by atoms with Crippen molar-refractivity contribution in [2.24, 2.45) is 0 Å². The van der Waals surface area contributed by atoms with Gasteiger partial charge in [-0.25, -0.2) is 8.78 Å². The maximum Gasteiger partial charge on any atom is 0.142 e. The van der Waals surface area contributed by atoms with E-state index >= 15 is 0 Å². The summed E-state index contributed by atoms with van der Waals surface area (Å²) in [5.41, 5.74) is 6.46. The maximum absolute atomic E-state index is 13.1. The Labute approximate surface area is 108 Å². The van der Waals surface area contributed by atoms with Crippen molar-refractivity contribution in [2.75, 3.05) is 5.73 Å². The fourth-order valence-corrected chi connectivity index (χ4v) is 1.60. The summed E-state index contributed by atoms with van der Waals surface area (Å²) < 4.78 is 31.3. The van der Waals surface area contributed by atoms with Gasteiger partial charge in [0.2, 0.25) is 0 Å². The monoisotopic (exact) mass is 260 g/mol. The van der Waals surface area contributed by atoms with Gasteiger partial charge in [0.25, 0.3) is 0 Å². The van der Waals surface area contributed by atoms with Gasteiger partial charge in [-0.05, 0) is 30.3 Å². The molecule has 2 aromatic carbocycles. The van der Waals surface area contributed by atoms with Crippen LogP contribution >= 0.6 is 0 Å². The molecule has 0 amide bonds. The van der Waals surface area contributed by atoms with E-state index in [9.17, 15) is 8.78 Å². The Bertz CT molecular complexity index is 650. The molecule has 3 nitrogen and oxygen atoms in total. The Hall–Kier alpha value is -2.61. The van der Waals surface area contributed by atoms with E-state index in [2.05, 4.69) is 0 Å². The summed E-state index contributed by atoms with van der Waals surface area (Å²) in [4.78, 5) is 0. The highest BCUT2D eigenvalue weighted by atomic mass is 19.1. The van der Waals surface area contributed by atoms with Gasteiger partial charge in [-0.15, -0.1) is 0 Å². The molecule has 0 aliphatic heterocycles. The standard InChI is InChI=1S/C14H10F2N2O/c15-11-2-1-9(7-17)10(5-11)8-19-14-4-3-12(16)6-13(14)18/h1-6H,8,18H2. The Balaban J connectivity index is 2.19. The average Bonchev–Trinajstić information content (AvgIpc) is 2.38. The summed E-state index contributed by atoms with van der Waals surface area (Å²) in [5, 5.41) is 8.90. The molecule has 0 unspecified atom stereocenters. The molecule has 0 saturated heterocycles. The first-order valence-electron chi connectivity index (χ1n) is 5.46. The summed E-state index contributed by atoms with van der Waals surface area (Å²) in [6, 6.07) is 9.47. The second kappa shape index (κ2) is 5.36. The predicted molar refractivity (Wildman–Crippen MR) is 66.3 cm³/mol. The van der Waals surface area contributed by atoms with Gasteiger partial charge in [-0.1, -0.05) is 0 Å². The molecule has 0 aliphatic rings. The van der Waals surface area contributed by atoms with Gasteiger partial charge in [0.05, 0.1) is 17.3 Å². The molecule has 96 valence electrons. The number of nitrogens with zero attached hydrogens (tertiary/aromatic N) is 1. The van der Waals surface area contributed by atoms with Gasteiger partial charge in [0, 0.05) is 11.6 Å². The van der Waals surface area contributed by atoms with Gasteiger partial charge in [0.15, 0.2) is 0 Å². The van der Waals surface area contributed by atoms with Crippen molar-refractivity contribution in [3.8, 4) is 11.8 Å². The van der Waals surface area contributed by atoms with Crippen LogP contribution in [0.1, 0.15) is 11.1 Å². The van der Waals surface area contributed by atoms with Crippen molar-refractivity contribution in [1.82, 2.24) is 0 Å². The van der Waals surface area contributed by atoms with Crippen molar-refractivity contribution in [3.05, 3.63) is 59.2 Å². The van der Waals surface area contributed by atoms with Crippen molar-refractivity contribution >= 4 is 5.69 Å². The van der Waals surface area contributed by atoms with E-state index in [-0.39, 0.29) is 18.0 Å². The van der Waals surface area contributed by atoms with E-state index in [4.69, 9.17) is 15.7 Å². The number of halogens is 2. The average molecular weight is 260 g/mol. The lowest BCUT2D eigenvalue weighted by Gasteiger charge is -2.10. The highest BCUT2D eigenvalue weighted by Crippen LogP contribution is 2.23. The van der Waals surface area contributed by atoms with Crippen LogP contribution in [0.2, 0.25) is 0 Å². The first-order chi connectivity index (χ1) is 9.10. The lowest BCUT2D eigenvalue weighted by Crippen LogP contribution is -2.01. The molecule has 2 N–H and O–H groups in total. The normalized spacial score (nSPS) is 9.95. The number of nitrogen functional groups attached to an aromatic ring is 1. The molecule has 2 aromatic rings. The number of benzene rings is 2. The summed E-state index contributed by atoms with van der Waals surface area (Å²) >= 11 is 0. The molecule has 0 aromatic heterocycles. The van der Waals surface area contributed by atoms with Gasteiger partial charge in [-0.3, -0.25) is 0 Å². The Morgan fingerprint density at radius 3 is 2.47 bits per heavy atom. The van der Waals surface area contributed by atoms with Crippen LogP contribution in [-0.2, 0) is 6.61 Å². The predicted octanol–water partition coefficient (Wildman–Crippen LogP) is 3.00. The van der Waals surface area contributed by atoms with E-state index in [1.165, 1.54) is 30.3 Å². The van der Waals surface area contributed by atoms with Gasteiger partial charge >= 0.3 is 0 Å². The molecule has 0 heterocycles. The summed E-state index contributed by atoms with van der Waals surface area (Å²) in [5.74, 6) is -0.632. The maximum atomic E-state index is 13.1. The molecule has 0 atom stereocenters. The molecule has 0 bridgehead atoms. The molecule has 0 saturated carbocycles. The molecule has 2 rings (SSSR count). The van der Waals surface area contributed by atoms with E-state index in [0.29, 0.717) is 11.1 Å². The SMILES string of the molecule is N#Cc1ccc(F)cc1COc1ccc(F)cc1N. The molecule has 0 fully saturated rings. The van der Waals surface area contributed by atoms with Crippen molar-refractivity contribution in [3.63, 3.8) is 0 Å². The van der Waals surface area contributed by atoms with Gasteiger partial charge in [0.1, 0.15) is 24.0 Å². The molecule has 0 radical (unpaired) electrons. The van der Waals surface area contributed by atoms with Crippen LogP contribution in [-0.4, -0.2) is 0 Å². The van der Waals surface area contributed by atoms with Crippen molar-refractivity contribution < 1.29 is 13.5 Å². The third kappa shape index (κ3) is 2.99. The first-order valence-corrected chi connectivity index (χ1v) is 5.46. The Morgan fingerprint density at radius 2 is 1.79 bits per heavy atom. The lowest BCUT2D eigenvalue weighted by atomic mass is 10.1. The third-order valence-electron chi connectivity index (χ3n) is 2.54. The number of hydrogen-bond donors (Lipinski definition) is 1. The van der Waals surface area contributed by atoms with Crippen LogP contribution in [0.3, 0.4) is 0 Å². The highest BCUT2D eigenvalue weighted by Gasteiger charge is 2.07. The number of hydrogen-bond acceptors (Lipinski definition) is 3. The molecule has 0 spiro atoms. The number of nitrogens with two attached hydrogens (primary N) is 1. The zero-order chi connectivity index (χ0) is 13.8. The largest absolute Gasteiger partial charge is 0.487 e. The second-order valence-electron chi connectivity index (χ2n) is 3.88. The molecule has 0 aliphatic carbocycles. The van der Waals surface area contributed by atoms with Crippen molar-refractivity contribution in [1.29, 1.82) is 5.26 Å². The van der Waals surface area contributed by atoms with Crippen LogP contribution in [0.5, 0.6) is 5.75 Å². The van der Waals surface area contributed by atoms with E-state index < -0.39 is 11.6 Å². The quantitative estimate of drug-likeness (QED) is 0.863. The number of rotatable bonds is 3. The second-order valence-corrected chi connectivity index (χ2v) is 3.88. The number of anilines is 1. The number of ether oxygens (including phenoxy) is 1. The first kappa shape index (κ1) is 12.8. The van der Waals surface area contributed by atoms with Crippen LogP contribution in [0.25, 0.3) is 0 Å². The van der Waals surface area contributed by atoms with Crippen LogP contribution in [0, 0.1) is 23.0 Å². The molecular formula is C14H10F2N2O. The fraction of sp³-hybridized carbons (Fsp3) is 0.0714. The van der Waals surface area contributed by atoms with Crippen LogP contribution < -0.4 is 10.5 Å². The summed E-state index contributed by atoms with van der Waals surface area (Å²) in [6.45, 7) is -0.0174. The molecule has 19 heavy (non-hydrogen) atoms. The highest BCUT2D eigenvalue weighted by molar-refractivity contribution is 5.52. The minimum Gasteiger partial charge on any atom is -0.487 e. The fourth-order valence-electron chi connectivity index (χ4n) is 1.60. The third-order valence-corrected chi connectivity index (χ3v) is 2.54. The van der Waals surface area contributed by atoms with Crippen molar-refractivity contribution in [2.45, 2.75) is 6.61 Å². The topological polar surface area (TPSA) is 59.0 Å². The molecule has 5 heteroatoms. The number of nitriles is 1. The van der Waals surface area contributed by atoms with Gasteiger partial charge in [-0.2, -0.15) is 5.26 Å². The van der Waals surface area contributed by atoms with E-state index in [1.807, 2.05) is 6.07 Å². The smallest absolute Gasteiger partial charge is 0.142 e. The zero-order valence-electron chi connectivity index (χ0n) is 9.86. The van der Waals surface area contributed by atoms with Gasteiger partial charge < -0.3 is 10.5 Å². The Morgan fingerprint density at radius 1 is 1.11 bits per heavy atom. The summed E-state index contributed by atoms with van der Waals surface area (Å²) in [6.07, 6.45) is 0. The lowest BCUT2D eigenvalue weighted by molar-refractivity contribution is 0.306. The van der Waals surface area contributed by atoms with Crippen LogP contribution in [0.15, 0.2) is 36.4 Å². The zero-order valence-corrected chi connectivity index (χ0v) is 9.86. The van der Waals surface area contributed by atoms with Crippen LogP contribution in [0.4, 0.5) is 14.5 Å². The minimum atomic E-state index is -0.465. The van der Waals surface area contributed by atoms with E-state index in [0.717, 1.165) is 6.07 Å². The summed E-state index contributed by atoms with van der Waals surface area (Å²) in [7, 11) is 0. The van der Waals surface area contributed by atoms with E-state index in [1.54, 1.807) is 0 Å².